The third kappa shape index (κ3) is 11.7. The number of hydrogen-bond acceptors (Lipinski definition) is 9. The van der Waals surface area contributed by atoms with E-state index in [1.54, 1.807) is 0 Å². The summed E-state index contributed by atoms with van der Waals surface area (Å²) in [6, 6.07) is 8.43. The molecular formula is C29H40O9Te. The van der Waals surface area contributed by atoms with E-state index >= 15 is 0 Å². The van der Waals surface area contributed by atoms with Crippen LogP contribution in [0.5, 0.6) is 0 Å². The van der Waals surface area contributed by atoms with Gasteiger partial charge in [-0.1, -0.05) is 0 Å². The fourth-order valence-corrected chi connectivity index (χ4v) is 7.15. The summed E-state index contributed by atoms with van der Waals surface area (Å²) >= 11 is -0.793. The number of esters is 4. The van der Waals surface area contributed by atoms with Crippen molar-refractivity contribution in [2.45, 2.75) is 104 Å². The van der Waals surface area contributed by atoms with Crippen LogP contribution < -0.4 is 3.61 Å². The van der Waals surface area contributed by atoms with Crippen molar-refractivity contribution in [2.24, 2.45) is 0 Å². The summed E-state index contributed by atoms with van der Waals surface area (Å²) in [4.78, 5) is 47.8. The van der Waals surface area contributed by atoms with Crippen LogP contribution in [-0.4, -0.2) is 81.9 Å². The number of benzene rings is 1. The van der Waals surface area contributed by atoms with Crippen molar-refractivity contribution >= 4 is 48.4 Å². The molecule has 0 bridgehead atoms. The molecule has 0 aliphatic carbocycles. The number of hydrogen-bond donors (Lipinski definition) is 0. The van der Waals surface area contributed by atoms with Crippen molar-refractivity contribution in [2.75, 3.05) is 6.61 Å². The Bertz CT molecular complexity index is 1000. The van der Waals surface area contributed by atoms with Crippen molar-refractivity contribution in [3.8, 4) is 0 Å². The van der Waals surface area contributed by atoms with E-state index < -0.39 is 75.3 Å². The standard InChI is InChI=1S/C29H40O9Te/c1-7-8-9-10-11-24(39-23-14-12-18(2)13-15-23)16-25-27(35-20(4)31)29(37-22(6)33)28(36-21(5)32)26(38-25)17-34-19(3)30/h12-16,25-29H,7-11,17H2,1-6H3/b24-16+/t25-,26-,27+,28-,29-/m1/s1. The maximum absolute atomic E-state index is 12.2. The molecule has 1 aliphatic heterocycles. The Hall–Kier alpha value is -2.41. The quantitative estimate of drug-likeness (QED) is 0.136. The van der Waals surface area contributed by atoms with Gasteiger partial charge in [0.15, 0.2) is 0 Å². The molecular weight excluding hydrogens is 620 g/mol. The summed E-state index contributed by atoms with van der Waals surface area (Å²) in [6.07, 6.45) is 2.01. The van der Waals surface area contributed by atoms with E-state index in [9.17, 15) is 19.2 Å². The number of unbranched alkanes of at least 4 members (excludes halogenated alkanes) is 3. The first-order valence-corrected chi connectivity index (χ1v) is 15.6. The van der Waals surface area contributed by atoms with Gasteiger partial charge in [0, 0.05) is 0 Å². The molecule has 2 rings (SSSR count). The summed E-state index contributed by atoms with van der Waals surface area (Å²) in [7, 11) is 0. The number of allylic oxidation sites excluding steroid dienone is 1. The Morgan fingerprint density at radius 1 is 0.821 bits per heavy atom. The number of carbonyl (C=O) groups is 4. The molecule has 0 radical (unpaired) electrons. The topological polar surface area (TPSA) is 114 Å². The Morgan fingerprint density at radius 3 is 1.97 bits per heavy atom. The molecule has 0 amide bonds. The van der Waals surface area contributed by atoms with Crippen molar-refractivity contribution in [3.63, 3.8) is 0 Å². The predicted octanol–water partition coefficient (Wildman–Crippen LogP) is 3.30. The predicted molar refractivity (Wildman–Crippen MR) is 145 cm³/mol. The normalized spacial score (nSPS) is 23.0. The fourth-order valence-electron chi connectivity index (χ4n) is 4.23. The van der Waals surface area contributed by atoms with E-state index in [1.165, 1.54) is 40.5 Å². The van der Waals surface area contributed by atoms with E-state index in [0.29, 0.717) is 0 Å². The monoisotopic (exact) mass is 662 g/mol. The van der Waals surface area contributed by atoms with Gasteiger partial charge < -0.3 is 0 Å². The van der Waals surface area contributed by atoms with Gasteiger partial charge in [-0.2, -0.15) is 0 Å². The van der Waals surface area contributed by atoms with E-state index in [0.717, 1.165) is 32.1 Å². The number of rotatable bonds is 13. The van der Waals surface area contributed by atoms with Crippen LogP contribution >= 0.6 is 0 Å². The van der Waals surface area contributed by atoms with Crippen LogP contribution in [0.25, 0.3) is 0 Å². The summed E-state index contributed by atoms with van der Waals surface area (Å²) in [6.45, 7) is 8.92. The minimum atomic E-state index is -1.16. The molecule has 9 nitrogen and oxygen atoms in total. The summed E-state index contributed by atoms with van der Waals surface area (Å²) < 4.78 is 30.7. The third-order valence-corrected chi connectivity index (χ3v) is 9.09. The molecule has 1 aromatic rings. The Morgan fingerprint density at radius 2 is 1.41 bits per heavy atom. The number of aryl methyl sites for hydroxylation is 1. The van der Waals surface area contributed by atoms with Crippen molar-refractivity contribution < 1.29 is 42.9 Å². The summed E-state index contributed by atoms with van der Waals surface area (Å²) in [5, 5.41) is 0. The van der Waals surface area contributed by atoms with Gasteiger partial charge >= 0.3 is 242 Å². The molecule has 10 heteroatoms. The molecule has 0 saturated carbocycles. The van der Waals surface area contributed by atoms with Crippen LogP contribution in [0.2, 0.25) is 0 Å². The summed E-state index contributed by atoms with van der Waals surface area (Å²) in [5.74, 6) is -2.43. The van der Waals surface area contributed by atoms with Gasteiger partial charge in [-0.15, -0.1) is 0 Å². The number of carbonyl (C=O) groups excluding carboxylic acids is 4. The molecule has 1 aromatic carbocycles. The van der Waals surface area contributed by atoms with Crippen molar-refractivity contribution in [3.05, 3.63) is 39.5 Å². The Balaban J connectivity index is 2.52. The average molecular weight is 660 g/mol. The van der Waals surface area contributed by atoms with E-state index in [2.05, 4.69) is 31.2 Å². The Labute approximate surface area is 241 Å². The molecule has 1 saturated heterocycles. The fraction of sp³-hybridized carbons (Fsp3) is 0.586. The van der Waals surface area contributed by atoms with E-state index in [4.69, 9.17) is 23.7 Å². The van der Waals surface area contributed by atoms with E-state index in [1.807, 2.05) is 13.0 Å². The van der Waals surface area contributed by atoms with Crippen LogP contribution in [0, 0.1) is 6.92 Å². The van der Waals surface area contributed by atoms with Gasteiger partial charge in [-0.25, -0.2) is 0 Å². The maximum atomic E-state index is 12.2. The van der Waals surface area contributed by atoms with Crippen LogP contribution in [-0.2, 0) is 42.9 Å². The SMILES string of the molecule is CCCCCC/C(=C\[C@H]1O[C@H](COC(C)=O)[C@@H](OC(C)=O)[C@H](OC(C)=O)[C@H]1OC(C)=O)[Te]c1ccc(C)cc1. The molecule has 1 heterocycles. The molecule has 1 aliphatic rings. The first kappa shape index (κ1) is 32.8. The molecule has 0 spiro atoms. The molecule has 0 aromatic heterocycles. The second kappa shape index (κ2) is 16.6. The first-order chi connectivity index (χ1) is 18.5. The van der Waals surface area contributed by atoms with Crippen molar-refractivity contribution in [1.29, 1.82) is 0 Å². The minimum absolute atomic E-state index is 0.233. The van der Waals surface area contributed by atoms with Crippen LogP contribution in [0.1, 0.15) is 72.3 Å². The second-order valence-electron chi connectivity index (χ2n) is 9.52. The molecule has 216 valence electrons. The van der Waals surface area contributed by atoms with Crippen LogP contribution in [0.4, 0.5) is 0 Å². The second-order valence-corrected chi connectivity index (χ2v) is 12.9. The molecule has 39 heavy (non-hydrogen) atoms. The molecule has 0 unspecified atom stereocenters. The van der Waals surface area contributed by atoms with Gasteiger partial charge in [0.05, 0.1) is 0 Å². The zero-order valence-electron chi connectivity index (χ0n) is 23.6. The van der Waals surface area contributed by atoms with Gasteiger partial charge in [0.2, 0.25) is 0 Å². The zero-order chi connectivity index (χ0) is 28.9. The first-order valence-electron chi connectivity index (χ1n) is 13.3. The molecule has 0 N–H and O–H groups in total. The summed E-state index contributed by atoms with van der Waals surface area (Å²) in [5.41, 5.74) is 1.18. The van der Waals surface area contributed by atoms with Gasteiger partial charge in [0.25, 0.3) is 0 Å². The van der Waals surface area contributed by atoms with Gasteiger partial charge in [-0.3, -0.25) is 0 Å². The third-order valence-electron chi connectivity index (χ3n) is 5.92. The van der Waals surface area contributed by atoms with Gasteiger partial charge in [-0.05, 0) is 0 Å². The average Bonchev–Trinajstić information content (AvgIpc) is 2.84. The Kier molecular flexibility index (Phi) is 14.0. The van der Waals surface area contributed by atoms with Gasteiger partial charge in [0.1, 0.15) is 0 Å². The van der Waals surface area contributed by atoms with Crippen molar-refractivity contribution in [1.82, 2.24) is 0 Å². The van der Waals surface area contributed by atoms with Crippen LogP contribution in [0.3, 0.4) is 0 Å². The molecule has 1 fully saturated rings. The van der Waals surface area contributed by atoms with E-state index in [-0.39, 0.29) is 6.61 Å². The van der Waals surface area contributed by atoms with Crippen LogP contribution in [0.15, 0.2) is 34.0 Å². The number of ether oxygens (including phenoxy) is 5. The molecule has 5 atom stereocenters. The zero-order valence-corrected chi connectivity index (χ0v) is 25.9.